The maximum atomic E-state index is 14.9. The van der Waals surface area contributed by atoms with Crippen LogP contribution in [0.25, 0.3) is 16.6 Å². The molecule has 2 fully saturated rings. The number of hydrogen-bond donors (Lipinski definition) is 3. The zero-order valence-electron chi connectivity index (χ0n) is 30.4. The van der Waals surface area contributed by atoms with Crippen molar-refractivity contribution in [1.29, 1.82) is 0 Å². The van der Waals surface area contributed by atoms with Crippen LogP contribution in [0.5, 0.6) is 11.5 Å². The molecule has 0 unspecified atom stereocenters. The minimum absolute atomic E-state index is 0.0360. The fourth-order valence-electron chi connectivity index (χ4n) is 8.04. The fourth-order valence-corrected chi connectivity index (χ4v) is 8.80. The second-order valence-corrected chi connectivity index (χ2v) is 15.9. The number of ether oxygens (including phenoxy) is 1. The number of pyridine rings is 1. The molecule has 55 heavy (non-hydrogen) atoms. The monoisotopic (exact) mass is 781 g/mol. The fraction of sp³-hybridized carbons (Fsp3) is 0.317. The van der Waals surface area contributed by atoms with Crippen LogP contribution in [0, 0.1) is 21.3 Å². The highest BCUT2D eigenvalue weighted by Gasteiger charge is 2.41. The number of carbonyl (C=O) groups excluding carboxylic acids is 1. The van der Waals surface area contributed by atoms with E-state index in [-0.39, 0.29) is 21.8 Å². The van der Waals surface area contributed by atoms with Crippen molar-refractivity contribution in [2.45, 2.75) is 43.4 Å². The van der Waals surface area contributed by atoms with Gasteiger partial charge in [0.2, 0.25) is 0 Å². The number of aromatic nitrogens is 2. The molecule has 1 aliphatic heterocycles. The standard InChI is InChI=1S/C41H41ClFN7O4S/c1-44-35-21-34(43)38(22-36(35)50(52)53)55-47-40(51)32-8-7-30(20-37(32)54-31-19-27-10-14-45-39(27)46-24-31)49-17-15-48(16-18-49)25-28-9-13-41(11-2-12-41)23-33(28)26-3-5-29(42)6-4-26/h3-8,10,14,19-22,24,44H,2,9,11-13,15-18,23,25H2,1H3,(H,45,46)(H,47,51). The summed E-state index contributed by atoms with van der Waals surface area (Å²) in [6.07, 6.45) is 10.9. The van der Waals surface area contributed by atoms with Crippen LogP contribution in [0.3, 0.4) is 0 Å². The Morgan fingerprint density at radius 2 is 1.87 bits per heavy atom. The molecule has 1 saturated carbocycles. The number of aromatic amines is 1. The van der Waals surface area contributed by atoms with Crippen LogP contribution < -0.4 is 19.7 Å². The lowest BCUT2D eigenvalue weighted by Gasteiger charge is -2.47. The van der Waals surface area contributed by atoms with Gasteiger partial charge in [-0.2, -0.15) is 0 Å². The number of H-pyrrole nitrogens is 1. The quantitative estimate of drug-likeness (QED) is 0.0682. The van der Waals surface area contributed by atoms with Crippen LogP contribution in [0.1, 0.15) is 54.4 Å². The van der Waals surface area contributed by atoms with Gasteiger partial charge in [0.25, 0.3) is 11.6 Å². The first-order valence-corrected chi connectivity index (χ1v) is 19.7. The lowest BCUT2D eigenvalue weighted by Crippen LogP contribution is -2.47. The topological polar surface area (TPSA) is 129 Å². The summed E-state index contributed by atoms with van der Waals surface area (Å²) in [6.45, 7) is 4.31. The Labute approximate surface area is 327 Å². The van der Waals surface area contributed by atoms with Gasteiger partial charge in [-0.25, -0.2) is 9.37 Å². The Bertz CT molecular complexity index is 2290. The molecule has 8 rings (SSSR count). The number of piperazine rings is 1. The molecule has 0 bridgehead atoms. The highest BCUT2D eigenvalue weighted by atomic mass is 35.5. The van der Waals surface area contributed by atoms with E-state index >= 15 is 0 Å². The minimum Gasteiger partial charge on any atom is -0.455 e. The summed E-state index contributed by atoms with van der Waals surface area (Å²) in [7, 11) is 1.47. The molecule has 3 N–H and O–H groups in total. The first-order chi connectivity index (χ1) is 26.7. The highest BCUT2D eigenvalue weighted by molar-refractivity contribution is 7.98. The van der Waals surface area contributed by atoms with Crippen LogP contribution >= 0.6 is 23.5 Å². The van der Waals surface area contributed by atoms with Crippen LogP contribution in [-0.4, -0.2) is 65.5 Å². The van der Waals surface area contributed by atoms with Crippen molar-refractivity contribution in [3.05, 3.63) is 117 Å². The van der Waals surface area contributed by atoms with E-state index in [1.54, 1.807) is 18.5 Å². The Morgan fingerprint density at radius 1 is 1.07 bits per heavy atom. The molecule has 0 atom stereocenters. The normalized spacial score (nSPS) is 17.0. The van der Waals surface area contributed by atoms with Gasteiger partial charge in [0.1, 0.15) is 28.7 Å². The third-order valence-electron chi connectivity index (χ3n) is 11.3. The van der Waals surface area contributed by atoms with Crippen molar-refractivity contribution < 1.29 is 18.8 Å². The molecular weight excluding hydrogens is 741 g/mol. The molecule has 1 amide bonds. The molecule has 5 aromatic rings. The number of amides is 1. The highest BCUT2D eigenvalue weighted by Crippen LogP contribution is 2.55. The summed E-state index contributed by atoms with van der Waals surface area (Å²) in [4.78, 5) is 36.9. The second kappa shape index (κ2) is 15.6. The summed E-state index contributed by atoms with van der Waals surface area (Å²) in [5.74, 6) is -0.509. The predicted molar refractivity (Wildman–Crippen MR) is 216 cm³/mol. The van der Waals surface area contributed by atoms with Gasteiger partial charge in [-0.05, 0) is 97.0 Å². The largest absolute Gasteiger partial charge is 0.455 e. The van der Waals surface area contributed by atoms with Gasteiger partial charge in [0, 0.05) is 80.3 Å². The van der Waals surface area contributed by atoms with E-state index in [0.29, 0.717) is 34.5 Å². The van der Waals surface area contributed by atoms with Gasteiger partial charge in [-0.1, -0.05) is 35.7 Å². The first kappa shape index (κ1) is 36.8. The molecule has 1 spiro atoms. The summed E-state index contributed by atoms with van der Waals surface area (Å²) >= 11 is 6.93. The second-order valence-electron chi connectivity index (χ2n) is 14.6. The number of hydrogen-bond acceptors (Lipinski definition) is 9. The van der Waals surface area contributed by atoms with Gasteiger partial charge in [0.05, 0.1) is 21.6 Å². The van der Waals surface area contributed by atoms with Crippen LogP contribution in [0.2, 0.25) is 5.02 Å². The summed E-state index contributed by atoms with van der Waals surface area (Å²) in [5, 5.41) is 15.8. The number of halogens is 2. The lowest BCUT2D eigenvalue weighted by atomic mass is 9.59. The van der Waals surface area contributed by atoms with Crippen molar-refractivity contribution >= 4 is 63.1 Å². The Hall–Kier alpha value is -5.11. The average molecular weight is 782 g/mol. The number of nitrogens with zero attached hydrogens (tertiary/aromatic N) is 4. The molecule has 0 radical (unpaired) electrons. The van der Waals surface area contributed by atoms with Crippen LogP contribution in [-0.2, 0) is 0 Å². The zero-order chi connectivity index (χ0) is 38.1. The molecule has 2 aliphatic carbocycles. The summed E-state index contributed by atoms with van der Waals surface area (Å²) in [6, 6.07) is 19.6. The molecule has 284 valence electrons. The molecule has 1 saturated heterocycles. The van der Waals surface area contributed by atoms with Gasteiger partial charge >= 0.3 is 0 Å². The number of nitro groups is 1. The average Bonchev–Trinajstić information content (AvgIpc) is 3.65. The van der Waals surface area contributed by atoms with E-state index in [1.807, 2.05) is 36.4 Å². The minimum atomic E-state index is -0.708. The van der Waals surface area contributed by atoms with Crippen molar-refractivity contribution in [3.8, 4) is 11.5 Å². The number of anilines is 2. The van der Waals surface area contributed by atoms with Gasteiger partial charge in [-0.3, -0.25) is 24.5 Å². The third-order valence-corrected chi connectivity index (χ3v) is 12.3. The lowest BCUT2D eigenvalue weighted by molar-refractivity contribution is -0.384. The SMILES string of the molecule is CNc1cc(F)c(SNC(=O)c2ccc(N3CCN(CC4=C(c5ccc(Cl)cc5)CC5(CCC5)CC4)CC3)cc2Oc2cnc3[nH]ccc3c2)cc1[N+](=O)[O-]. The van der Waals surface area contributed by atoms with Gasteiger partial charge < -0.3 is 19.9 Å². The van der Waals surface area contributed by atoms with E-state index < -0.39 is 16.6 Å². The third kappa shape index (κ3) is 7.87. The number of benzene rings is 3. The smallest absolute Gasteiger partial charge is 0.293 e. The summed E-state index contributed by atoms with van der Waals surface area (Å²) in [5.41, 5.74) is 6.37. The molecule has 11 nitrogen and oxygen atoms in total. The molecular formula is C41H41ClFN7O4S. The number of carbonyl (C=O) groups is 1. The summed E-state index contributed by atoms with van der Waals surface area (Å²) < 4.78 is 23.9. The van der Waals surface area contributed by atoms with Crippen LogP contribution in [0.15, 0.2) is 89.6 Å². The molecule has 3 heterocycles. The maximum Gasteiger partial charge on any atom is 0.293 e. The number of nitro benzene ring substituents is 1. The number of allylic oxidation sites excluding steroid dienone is 1. The maximum absolute atomic E-state index is 14.9. The van der Waals surface area contributed by atoms with E-state index in [1.165, 1.54) is 49.4 Å². The number of rotatable bonds is 11. The Kier molecular flexibility index (Phi) is 10.4. The van der Waals surface area contributed by atoms with Crippen molar-refractivity contribution in [2.75, 3.05) is 50.0 Å². The van der Waals surface area contributed by atoms with Crippen molar-refractivity contribution in [2.24, 2.45) is 5.41 Å². The van der Waals surface area contributed by atoms with Gasteiger partial charge in [0.15, 0.2) is 0 Å². The van der Waals surface area contributed by atoms with E-state index in [4.69, 9.17) is 16.3 Å². The van der Waals surface area contributed by atoms with Crippen molar-refractivity contribution in [3.63, 3.8) is 0 Å². The van der Waals surface area contributed by atoms with E-state index in [0.717, 1.165) is 73.8 Å². The number of nitrogens with one attached hydrogen (secondary N) is 3. The van der Waals surface area contributed by atoms with E-state index in [9.17, 15) is 19.3 Å². The first-order valence-electron chi connectivity index (χ1n) is 18.5. The molecule has 3 aromatic carbocycles. The zero-order valence-corrected chi connectivity index (χ0v) is 31.9. The molecule has 14 heteroatoms. The Morgan fingerprint density at radius 3 is 2.60 bits per heavy atom. The van der Waals surface area contributed by atoms with Crippen molar-refractivity contribution in [1.82, 2.24) is 19.6 Å². The Balaban J connectivity index is 1.000. The number of fused-ring (bicyclic) bond motifs is 1. The van der Waals surface area contributed by atoms with E-state index in [2.05, 4.69) is 41.9 Å². The predicted octanol–water partition coefficient (Wildman–Crippen LogP) is 9.46. The molecule has 2 aromatic heterocycles. The van der Waals surface area contributed by atoms with Crippen LogP contribution in [0.4, 0.5) is 21.5 Å². The molecule has 3 aliphatic rings. The van der Waals surface area contributed by atoms with Gasteiger partial charge in [-0.15, -0.1) is 0 Å².